The van der Waals surface area contributed by atoms with Gasteiger partial charge in [-0.25, -0.2) is 0 Å². The number of H-pyrrole nitrogens is 1. The number of fused-ring (bicyclic) bond motifs is 1. The van der Waals surface area contributed by atoms with Crippen molar-refractivity contribution >= 4 is 17.2 Å². The van der Waals surface area contributed by atoms with Gasteiger partial charge in [-0.3, -0.25) is 4.79 Å². The van der Waals surface area contributed by atoms with Gasteiger partial charge in [0.25, 0.3) is 0 Å². The van der Waals surface area contributed by atoms with Crippen molar-refractivity contribution in [2.24, 2.45) is 0 Å². The molecule has 0 amide bonds. The summed E-state index contributed by atoms with van der Waals surface area (Å²) in [7, 11) is 1.64. The Balaban J connectivity index is 2.29. The Labute approximate surface area is 136 Å². The number of hydrogen-bond donors (Lipinski definition) is 1. The van der Waals surface area contributed by atoms with Gasteiger partial charge in [-0.15, -0.1) is 0 Å². The lowest BCUT2D eigenvalue weighted by Crippen LogP contribution is -2.10. The second-order valence-corrected chi connectivity index (χ2v) is 6.74. The van der Waals surface area contributed by atoms with Gasteiger partial charge in [0.05, 0.1) is 12.8 Å². The van der Waals surface area contributed by atoms with Crippen molar-refractivity contribution in [1.82, 2.24) is 4.98 Å². The van der Waals surface area contributed by atoms with Crippen molar-refractivity contribution < 1.29 is 9.53 Å². The fourth-order valence-corrected chi connectivity index (χ4v) is 2.87. The number of para-hydroxylation sites is 1. The zero-order valence-electron chi connectivity index (χ0n) is 13.9. The summed E-state index contributed by atoms with van der Waals surface area (Å²) in [5.41, 5.74) is 4.58. The molecule has 1 N–H and O–H groups in total. The lowest BCUT2D eigenvalue weighted by Gasteiger charge is -2.18. The molecule has 0 unspecified atom stereocenters. The van der Waals surface area contributed by atoms with E-state index in [-0.39, 0.29) is 5.41 Å². The third-order valence-corrected chi connectivity index (χ3v) is 4.20. The van der Waals surface area contributed by atoms with Crippen LogP contribution in [0.1, 0.15) is 36.7 Å². The molecule has 1 heterocycles. The number of aldehydes is 1. The Bertz CT molecular complexity index is 869. The molecule has 23 heavy (non-hydrogen) atoms. The van der Waals surface area contributed by atoms with E-state index in [0.29, 0.717) is 5.56 Å². The van der Waals surface area contributed by atoms with E-state index in [1.807, 2.05) is 30.3 Å². The monoisotopic (exact) mass is 307 g/mol. The first kappa shape index (κ1) is 15.3. The Morgan fingerprint density at radius 2 is 1.83 bits per heavy atom. The molecule has 0 atom stereocenters. The molecular formula is C20H21NO2. The molecule has 0 saturated heterocycles. The predicted molar refractivity (Wildman–Crippen MR) is 94.4 cm³/mol. The average molecular weight is 307 g/mol. The lowest BCUT2D eigenvalue weighted by molar-refractivity contribution is 0.112. The average Bonchev–Trinajstić information content (AvgIpc) is 2.91. The molecule has 0 bridgehead atoms. The zero-order chi connectivity index (χ0) is 16.6. The summed E-state index contributed by atoms with van der Waals surface area (Å²) in [5.74, 6) is 0.748. The largest absolute Gasteiger partial charge is 0.496 e. The number of aromatic nitrogens is 1. The number of hydrogen-bond acceptors (Lipinski definition) is 2. The summed E-state index contributed by atoms with van der Waals surface area (Å²) in [5, 5.41) is 0.952. The summed E-state index contributed by atoms with van der Waals surface area (Å²) in [4.78, 5) is 15.1. The minimum absolute atomic E-state index is 0.0379. The Hall–Kier alpha value is -2.55. The second kappa shape index (κ2) is 5.58. The van der Waals surface area contributed by atoms with E-state index in [1.165, 1.54) is 5.56 Å². The van der Waals surface area contributed by atoms with Crippen LogP contribution in [0.4, 0.5) is 0 Å². The quantitative estimate of drug-likeness (QED) is 0.695. The van der Waals surface area contributed by atoms with Crippen LogP contribution >= 0.6 is 0 Å². The lowest BCUT2D eigenvalue weighted by atomic mass is 9.86. The van der Waals surface area contributed by atoms with Crippen LogP contribution in [-0.2, 0) is 5.41 Å². The third-order valence-electron chi connectivity index (χ3n) is 4.20. The van der Waals surface area contributed by atoms with Gasteiger partial charge in [-0.05, 0) is 35.2 Å². The number of rotatable bonds is 3. The fraction of sp³-hybridized carbons (Fsp3) is 0.250. The van der Waals surface area contributed by atoms with Crippen LogP contribution in [0.25, 0.3) is 22.2 Å². The molecule has 0 aliphatic heterocycles. The minimum atomic E-state index is 0.0379. The van der Waals surface area contributed by atoms with Crippen molar-refractivity contribution in [3.63, 3.8) is 0 Å². The van der Waals surface area contributed by atoms with Gasteiger partial charge in [0, 0.05) is 22.0 Å². The summed E-state index contributed by atoms with van der Waals surface area (Å²) in [6, 6.07) is 14.0. The van der Waals surface area contributed by atoms with E-state index in [2.05, 4.69) is 37.9 Å². The standard InChI is InChI=1S/C20H21NO2/c1-20(2,3)13-9-10-17-15(11-13)16(12-22)19(21-17)14-7-5-6-8-18(14)23-4/h5-12,21H,1-4H3. The molecule has 2 aromatic carbocycles. The Morgan fingerprint density at radius 3 is 2.48 bits per heavy atom. The van der Waals surface area contributed by atoms with Crippen LogP contribution in [0.3, 0.4) is 0 Å². The molecule has 1 aromatic heterocycles. The number of methoxy groups -OCH3 is 1. The highest BCUT2D eigenvalue weighted by atomic mass is 16.5. The fourth-order valence-electron chi connectivity index (χ4n) is 2.87. The van der Waals surface area contributed by atoms with Crippen LogP contribution in [0, 0.1) is 0 Å². The first-order chi connectivity index (χ1) is 11.0. The van der Waals surface area contributed by atoms with Crippen molar-refractivity contribution in [3.05, 3.63) is 53.6 Å². The Morgan fingerprint density at radius 1 is 1.09 bits per heavy atom. The molecule has 3 heteroatoms. The molecular weight excluding hydrogens is 286 g/mol. The van der Waals surface area contributed by atoms with Gasteiger partial charge in [-0.2, -0.15) is 0 Å². The number of carbonyl (C=O) groups is 1. The van der Waals surface area contributed by atoms with Crippen LogP contribution < -0.4 is 4.74 Å². The smallest absolute Gasteiger partial charge is 0.152 e. The van der Waals surface area contributed by atoms with Gasteiger partial charge in [-0.1, -0.05) is 39.0 Å². The summed E-state index contributed by atoms with van der Waals surface area (Å²) < 4.78 is 5.44. The number of aromatic amines is 1. The second-order valence-electron chi connectivity index (χ2n) is 6.74. The van der Waals surface area contributed by atoms with Crippen LogP contribution in [0.5, 0.6) is 5.75 Å². The summed E-state index contributed by atoms with van der Waals surface area (Å²) >= 11 is 0. The van der Waals surface area contributed by atoms with Crippen molar-refractivity contribution in [1.29, 1.82) is 0 Å². The Kier molecular flexibility index (Phi) is 3.72. The molecule has 0 saturated carbocycles. The molecule has 3 rings (SSSR count). The van der Waals surface area contributed by atoms with Gasteiger partial charge in [0.15, 0.2) is 6.29 Å². The van der Waals surface area contributed by atoms with Gasteiger partial charge in [0.1, 0.15) is 5.75 Å². The van der Waals surface area contributed by atoms with Crippen LogP contribution in [0.2, 0.25) is 0 Å². The van der Waals surface area contributed by atoms with E-state index in [0.717, 1.165) is 34.2 Å². The highest BCUT2D eigenvalue weighted by Crippen LogP contribution is 2.36. The third kappa shape index (κ3) is 2.63. The number of benzene rings is 2. The molecule has 0 aliphatic carbocycles. The van der Waals surface area contributed by atoms with E-state index in [1.54, 1.807) is 7.11 Å². The van der Waals surface area contributed by atoms with Crippen molar-refractivity contribution in [3.8, 4) is 17.0 Å². The first-order valence-corrected chi connectivity index (χ1v) is 7.70. The first-order valence-electron chi connectivity index (χ1n) is 7.70. The molecule has 0 aliphatic rings. The SMILES string of the molecule is COc1ccccc1-c1[nH]c2ccc(C(C)(C)C)cc2c1C=O. The summed E-state index contributed by atoms with van der Waals surface area (Å²) in [6.07, 6.45) is 0.924. The number of ether oxygens (including phenoxy) is 1. The van der Waals surface area contributed by atoms with E-state index < -0.39 is 0 Å². The highest BCUT2D eigenvalue weighted by molar-refractivity contribution is 6.05. The van der Waals surface area contributed by atoms with Gasteiger partial charge >= 0.3 is 0 Å². The van der Waals surface area contributed by atoms with Gasteiger partial charge in [0.2, 0.25) is 0 Å². The molecule has 3 aromatic rings. The maximum Gasteiger partial charge on any atom is 0.152 e. The van der Waals surface area contributed by atoms with Crippen LogP contribution in [-0.4, -0.2) is 18.4 Å². The van der Waals surface area contributed by atoms with Crippen molar-refractivity contribution in [2.45, 2.75) is 26.2 Å². The maximum absolute atomic E-state index is 11.8. The van der Waals surface area contributed by atoms with E-state index >= 15 is 0 Å². The zero-order valence-corrected chi connectivity index (χ0v) is 13.9. The van der Waals surface area contributed by atoms with E-state index in [4.69, 9.17) is 4.74 Å². The molecule has 3 nitrogen and oxygen atoms in total. The van der Waals surface area contributed by atoms with Crippen molar-refractivity contribution in [2.75, 3.05) is 7.11 Å². The van der Waals surface area contributed by atoms with Crippen LogP contribution in [0.15, 0.2) is 42.5 Å². The highest BCUT2D eigenvalue weighted by Gasteiger charge is 2.19. The van der Waals surface area contributed by atoms with Gasteiger partial charge < -0.3 is 9.72 Å². The normalized spacial score (nSPS) is 11.7. The predicted octanol–water partition coefficient (Wildman–Crippen LogP) is 4.95. The maximum atomic E-state index is 11.8. The minimum Gasteiger partial charge on any atom is -0.496 e. The molecule has 0 spiro atoms. The molecule has 118 valence electrons. The number of carbonyl (C=O) groups excluding carboxylic acids is 1. The topological polar surface area (TPSA) is 42.1 Å². The molecule has 0 radical (unpaired) electrons. The molecule has 0 fully saturated rings. The van der Waals surface area contributed by atoms with E-state index in [9.17, 15) is 4.79 Å². The number of nitrogens with one attached hydrogen (secondary N) is 1. The summed E-state index contributed by atoms with van der Waals surface area (Å²) in [6.45, 7) is 6.51.